The molecule has 37 heteroatoms. The van der Waals surface area contributed by atoms with E-state index in [0.29, 0.717) is 65.7 Å². The van der Waals surface area contributed by atoms with Gasteiger partial charge in [-0.2, -0.15) is 0 Å². The summed E-state index contributed by atoms with van der Waals surface area (Å²) in [6.07, 6.45) is 9.58. The molecule has 19 nitrogen and oxygen atoms in total. The minimum Gasteiger partial charge on any atom is -0.870 e. The number of carboxylic acid groups (broad SMARTS) is 1. The number of hydrogen-bond acceptors (Lipinski definition) is 19. The van der Waals surface area contributed by atoms with E-state index >= 15 is 0 Å². The fourth-order valence-corrected chi connectivity index (χ4v) is 16.1. The molecule has 108 heavy (non-hydrogen) atoms. The van der Waals surface area contributed by atoms with Gasteiger partial charge in [0.25, 0.3) is 0 Å². The third-order valence-electron chi connectivity index (χ3n) is 18.0. The molecule has 0 bridgehead atoms. The Morgan fingerprint density at radius 1 is 0.509 bits per heavy atom. The number of thiazole rings is 3. The fraction of sp³-hybridized carbons (Fsp3) is 0.451. The van der Waals surface area contributed by atoms with Gasteiger partial charge >= 0.3 is 42.7 Å². The molecule has 0 atom stereocenters. The molecule has 0 radical (unpaired) electrons. The molecule has 10 N–H and O–H groups in total. The van der Waals surface area contributed by atoms with E-state index in [1.165, 1.54) is 97.8 Å². The number of esters is 3. The third-order valence-corrected chi connectivity index (χ3v) is 22.6. The largest absolute Gasteiger partial charge is 1.00 e. The van der Waals surface area contributed by atoms with Gasteiger partial charge in [0.1, 0.15) is 52.3 Å². The van der Waals surface area contributed by atoms with Crippen molar-refractivity contribution in [2.24, 2.45) is 11.1 Å². The van der Waals surface area contributed by atoms with Gasteiger partial charge in [0.05, 0.1) is 74.1 Å². The molecule has 0 aliphatic rings. The number of halogens is 13. The van der Waals surface area contributed by atoms with Gasteiger partial charge in [0.15, 0.2) is 20.5 Å². The average molecular weight is 1920 g/mol. The molecule has 0 amide bonds. The van der Waals surface area contributed by atoms with Crippen LogP contribution in [0.1, 0.15) is 175 Å². The number of carboxylic acids is 1. The SMILES string of the molecule is BrBr.CCC(CC)(CCC(=O)O)c1nc(Nc2ccc(F)cc2F)sc1Br.CCC(CC)(CCC(=O)OC)C(=O)CBr.CCC(CC)(CCC(=O)OC)c1csc(Nc2ccc(F)cc2F)n1.CCC(CC)(CCC(=O)OC)c1nc(Nc2ccc(F)cc2F)sc1Br.NC(=S)Nc1ccc(F)cc1F.O.[Li+].[OH-]. The molecular weight excluding hydrogens is 1830 g/mol. The summed E-state index contributed by atoms with van der Waals surface area (Å²) in [5.41, 5.74) is 6.87. The molecule has 0 aliphatic carbocycles. The zero-order valence-electron chi connectivity index (χ0n) is 61.7. The maximum atomic E-state index is 13.9. The zero-order chi connectivity index (χ0) is 79.4. The topological polar surface area (TPSA) is 308 Å². The standard InChI is InChI=1S/C18H21BrF2N2O2S.C18H22F2N2O2S.C17H19BrF2N2O2S.C11H19BrO3.C7H6F2N2S.Br2.Li.2H2O/c1-4-18(5-2,9-8-14(24)25-3)15-16(19)26-17(23-15)22-13-7-6-11(20)10-12(13)21;1-4-18(5-2,9-8-16(23)24-3)15-11-25-17(22-15)21-14-7-6-12(19)10-13(14)20;1-3-17(4-2,8-7-13(23)24)14-15(18)25-16(22-14)21-12-6-5-10(19)9-11(12)20;1-4-11(5-2,9(13)8-12)7-6-10(14)15-3;8-4-1-2-6(5(9)3-4)11-7(10)12;1-2;;;/h6-7,10H,4-5,8-9H2,1-3H3,(H,22,23);6-7,10-11H,4-5,8-9H2,1-3H3,(H,21,22);5-6,9H,3-4,7-8H2,1-2H3,(H,21,22)(H,23,24);4-8H2,1-3H3;1-3H,(H3,10,11,12);;;2*1H2/q;;;;;;+1;;/p-1. The Morgan fingerprint density at radius 3 is 1.12 bits per heavy atom. The molecule has 4 aromatic carbocycles. The van der Waals surface area contributed by atoms with Crippen molar-refractivity contribution in [3.8, 4) is 0 Å². The smallest absolute Gasteiger partial charge is 0.870 e. The van der Waals surface area contributed by atoms with E-state index in [0.717, 1.165) is 106 Å². The van der Waals surface area contributed by atoms with E-state index in [1.54, 1.807) is 0 Å². The van der Waals surface area contributed by atoms with E-state index in [-0.39, 0.29) is 109 Å². The van der Waals surface area contributed by atoms with Crippen molar-refractivity contribution in [2.75, 3.05) is 47.9 Å². The Morgan fingerprint density at radius 2 is 0.824 bits per heavy atom. The van der Waals surface area contributed by atoms with Crippen LogP contribution in [0.15, 0.2) is 85.7 Å². The summed E-state index contributed by atoms with van der Waals surface area (Å²) in [7, 11) is 4.12. The van der Waals surface area contributed by atoms with Crippen LogP contribution in [0.2, 0.25) is 0 Å². The molecule has 3 aromatic heterocycles. The van der Waals surface area contributed by atoms with Gasteiger partial charge in [0.2, 0.25) is 0 Å². The summed E-state index contributed by atoms with van der Waals surface area (Å²) in [6.45, 7) is 16.2. The number of nitrogens with one attached hydrogen (secondary N) is 4. The number of hydrogen-bond donors (Lipinski definition) is 6. The van der Waals surface area contributed by atoms with Crippen LogP contribution >= 0.6 is 122 Å². The number of carbonyl (C=O) groups is 5. The number of carbonyl (C=O) groups excluding carboxylic acids is 4. The molecule has 596 valence electrons. The predicted molar refractivity (Wildman–Crippen MR) is 430 cm³/mol. The predicted octanol–water partition coefficient (Wildman–Crippen LogP) is 19.0. The Kier molecular flexibility index (Phi) is 51.3. The third kappa shape index (κ3) is 32.5. The summed E-state index contributed by atoms with van der Waals surface area (Å²) in [5.74, 6) is -6.71. The van der Waals surface area contributed by atoms with Crippen molar-refractivity contribution in [1.82, 2.24) is 15.0 Å². The summed E-state index contributed by atoms with van der Waals surface area (Å²) in [5, 5.41) is 23.8. The number of ketones is 1. The van der Waals surface area contributed by atoms with Crippen molar-refractivity contribution < 1.29 is 108 Å². The monoisotopic (exact) mass is 1910 g/mol. The van der Waals surface area contributed by atoms with Crippen molar-refractivity contribution >= 4 is 195 Å². The van der Waals surface area contributed by atoms with Crippen LogP contribution < -0.4 is 45.9 Å². The van der Waals surface area contributed by atoms with Crippen molar-refractivity contribution in [2.45, 2.75) is 174 Å². The Labute approximate surface area is 695 Å². The minimum atomic E-state index is -0.843. The van der Waals surface area contributed by atoms with Crippen LogP contribution in [0.4, 0.5) is 73.3 Å². The van der Waals surface area contributed by atoms with Crippen molar-refractivity contribution in [3.63, 3.8) is 0 Å². The number of nitrogens with two attached hydrogens (primary N) is 1. The number of aromatic nitrogens is 3. The number of aliphatic carboxylic acids is 1. The first-order valence-corrected chi connectivity index (χ1v) is 42.2. The number of alkyl halides is 1. The summed E-state index contributed by atoms with van der Waals surface area (Å²) in [4.78, 5) is 70.7. The van der Waals surface area contributed by atoms with Gasteiger partial charge in [-0.05, 0) is 170 Å². The Hall–Kier alpha value is -5.23. The number of nitrogens with zero attached hydrogens (tertiary/aromatic N) is 3. The van der Waals surface area contributed by atoms with Crippen molar-refractivity contribution in [3.05, 3.63) is 149 Å². The molecule has 0 fully saturated rings. The minimum absolute atomic E-state index is 0. The zero-order valence-corrected chi connectivity index (χ0v) is 72.8. The number of anilines is 7. The normalized spacial score (nSPS) is 10.7. The number of rotatable bonds is 32. The number of methoxy groups -OCH3 is 3. The summed E-state index contributed by atoms with van der Waals surface area (Å²) in [6, 6.07) is 13.1. The van der Waals surface area contributed by atoms with Crippen LogP contribution in [0, 0.1) is 52.0 Å². The second-order valence-corrected chi connectivity index (χ2v) is 29.8. The molecule has 0 aliphatic heterocycles. The molecule has 7 aromatic rings. The van der Waals surface area contributed by atoms with Gasteiger partial charge in [-0.1, -0.05) is 94.0 Å². The second-order valence-electron chi connectivity index (χ2n) is 23.3. The molecule has 0 spiro atoms. The number of Topliss-reactive ketones (excluding diaryl/α,β-unsaturated/α-hetero) is 1. The van der Waals surface area contributed by atoms with E-state index in [1.807, 2.05) is 33.1 Å². The molecule has 0 saturated heterocycles. The fourth-order valence-electron chi connectivity index (χ4n) is 10.9. The number of benzene rings is 4. The summed E-state index contributed by atoms with van der Waals surface area (Å²) >= 11 is 24.2. The Balaban J connectivity index is 0. The molecule has 3 heterocycles. The van der Waals surface area contributed by atoms with Gasteiger partial charge in [-0.15, -0.1) is 11.3 Å². The van der Waals surface area contributed by atoms with Crippen molar-refractivity contribution in [1.29, 1.82) is 0 Å². The van der Waals surface area contributed by atoms with E-state index < -0.39 is 52.5 Å². The van der Waals surface area contributed by atoms with E-state index in [9.17, 15) is 59.1 Å². The van der Waals surface area contributed by atoms with Gasteiger partial charge in [0, 0.05) is 105 Å². The second kappa shape index (κ2) is 52.9. The van der Waals surface area contributed by atoms with Crippen LogP contribution in [0.25, 0.3) is 0 Å². The number of ether oxygens (including phenoxy) is 3. The average Bonchev–Trinajstić information content (AvgIpc) is 1.67. The van der Waals surface area contributed by atoms with Crippen LogP contribution in [-0.2, 0) is 54.4 Å². The van der Waals surface area contributed by atoms with E-state index in [4.69, 9.17) is 20.3 Å². The van der Waals surface area contributed by atoms with Gasteiger partial charge in [-0.25, -0.2) is 50.1 Å². The first kappa shape index (κ1) is 105. The summed E-state index contributed by atoms with van der Waals surface area (Å²) < 4.78 is 121. The molecule has 0 unspecified atom stereocenters. The van der Waals surface area contributed by atoms with Gasteiger partial charge in [-0.3, -0.25) is 24.0 Å². The molecule has 7 rings (SSSR count). The first-order chi connectivity index (χ1) is 49.7. The first-order valence-electron chi connectivity index (χ1n) is 32.9. The maximum absolute atomic E-state index is 13.9. The van der Waals surface area contributed by atoms with E-state index in [2.05, 4.69) is 157 Å². The molecular formula is C71H90Br5F8LiN8O11S4. The van der Waals surface area contributed by atoms with Crippen LogP contribution in [0.5, 0.6) is 0 Å². The van der Waals surface area contributed by atoms with Crippen LogP contribution in [0.3, 0.4) is 0 Å². The van der Waals surface area contributed by atoms with Gasteiger partial charge < -0.3 is 57.3 Å². The molecule has 0 saturated carbocycles. The number of thiocarbonyl (C=S) groups is 1. The Bertz CT molecular complexity index is 3940. The maximum Gasteiger partial charge on any atom is 1.00 e. The van der Waals surface area contributed by atoms with Crippen LogP contribution in [-0.4, -0.2) is 92.4 Å². The quantitative estimate of drug-likeness (QED) is 0.00570.